The summed E-state index contributed by atoms with van der Waals surface area (Å²) in [4.78, 5) is 16.7. The fourth-order valence-corrected chi connectivity index (χ4v) is 3.51. The van der Waals surface area contributed by atoms with Crippen LogP contribution < -0.4 is 25.4 Å². The number of carbonyl (C=O) groups is 1. The Bertz CT molecular complexity index is 962. The number of nitrogens with zero attached hydrogens (tertiary/aromatic N) is 1. The zero-order valence-electron chi connectivity index (χ0n) is 19.9. The molecule has 1 aliphatic rings. The molecule has 2 aromatic carbocycles. The number of guanidine groups is 1. The van der Waals surface area contributed by atoms with E-state index in [0.717, 1.165) is 41.6 Å². The van der Waals surface area contributed by atoms with Gasteiger partial charge in [0.15, 0.2) is 17.5 Å². The van der Waals surface area contributed by atoms with E-state index in [4.69, 9.17) is 14.5 Å². The van der Waals surface area contributed by atoms with Crippen molar-refractivity contribution in [1.29, 1.82) is 0 Å². The van der Waals surface area contributed by atoms with Gasteiger partial charge in [0.05, 0.1) is 6.54 Å². The number of hydrogen-bond acceptors (Lipinski definition) is 4. The summed E-state index contributed by atoms with van der Waals surface area (Å²) in [5.41, 5.74) is 2.77. The number of hydrogen-bond donors (Lipinski definition) is 3. The first-order valence-electron chi connectivity index (χ1n) is 11.2. The molecule has 0 saturated heterocycles. The molecule has 180 valence electrons. The zero-order chi connectivity index (χ0) is 23.0. The van der Waals surface area contributed by atoms with Crippen molar-refractivity contribution in [2.24, 2.45) is 4.99 Å². The predicted molar refractivity (Wildman–Crippen MR) is 143 cm³/mol. The van der Waals surface area contributed by atoms with Crippen LogP contribution in [0.15, 0.2) is 47.5 Å². The molecule has 8 heteroatoms. The summed E-state index contributed by atoms with van der Waals surface area (Å²) in [5.74, 6) is 2.31. The van der Waals surface area contributed by atoms with Crippen molar-refractivity contribution in [1.82, 2.24) is 16.0 Å². The molecule has 0 aliphatic carbocycles. The van der Waals surface area contributed by atoms with E-state index in [2.05, 4.69) is 48.9 Å². The SMILES string of the molecule is CCNC(=NCC(C)(C)c1ccc2c(c1)OCCO2)NCCc1cccc(C(=O)NC)c1.I. The number of rotatable bonds is 8. The standard InChI is InChI=1S/C25H34N4O3.HI/c1-5-27-24(28-12-11-18-7-6-8-19(15-18)23(30)26-4)29-17-25(2,3)20-9-10-21-22(16-20)32-14-13-31-21;/h6-10,15-16H,5,11-14,17H2,1-4H3,(H,26,30)(H2,27,28,29);1H. The van der Waals surface area contributed by atoms with E-state index in [1.54, 1.807) is 7.05 Å². The quantitative estimate of drug-likeness (QED) is 0.259. The van der Waals surface area contributed by atoms with Crippen LogP contribution in [0.1, 0.15) is 42.3 Å². The van der Waals surface area contributed by atoms with Crippen LogP contribution in [-0.2, 0) is 11.8 Å². The molecule has 0 radical (unpaired) electrons. The number of halogens is 1. The molecule has 0 bridgehead atoms. The number of aliphatic imine (C=N–C) groups is 1. The van der Waals surface area contributed by atoms with Crippen molar-refractivity contribution in [2.45, 2.75) is 32.6 Å². The first-order chi connectivity index (χ1) is 15.4. The predicted octanol–water partition coefficient (Wildman–Crippen LogP) is 3.51. The second-order valence-electron chi connectivity index (χ2n) is 8.39. The Hall–Kier alpha value is -2.49. The lowest BCUT2D eigenvalue weighted by atomic mass is 9.84. The number of benzene rings is 2. The lowest BCUT2D eigenvalue weighted by Crippen LogP contribution is -2.39. The van der Waals surface area contributed by atoms with Gasteiger partial charge >= 0.3 is 0 Å². The first kappa shape index (κ1) is 26.8. The van der Waals surface area contributed by atoms with E-state index in [1.165, 1.54) is 0 Å². The molecule has 0 unspecified atom stereocenters. The zero-order valence-corrected chi connectivity index (χ0v) is 22.2. The van der Waals surface area contributed by atoms with Crippen LogP contribution in [0.3, 0.4) is 0 Å². The third-order valence-corrected chi connectivity index (χ3v) is 5.42. The van der Waals surface area contributed by atoms with Crippen molar-refractivity contribution < 1.29 is 14.3 Å². The molecule has 0 spiro atoms. The molecule has 0 atom stereocenters. The van der Waals surface area contributed by atoms with Gasteiger partial charge in [-0.3, -0.25) is 9.79 Å². The number of amides is 1. The number of nitrogens with one attached hydrogen (secondary N) is 3. The monoisotopic (exact) mass is 566 g/mol. The molecule has 33 heavy (non-hydrogen) atoms. The smallest absolute Gasteiger partial charge is 0.251 e. The molecule has 1 amide bonds. The summed E-state index contributed by atoms with van der Waals surface area (Å²) < 4.78 is 11.4. The van der Waals surface area contributed by atoms with Crippen LogP contribution >= 0.6 is 24.0 Å². The third-order valence-electron chi connectivity index (χ3n) is 5.42. The maximum absolute atomic E-state index is 11.8. The molecule has 0 fully saturated rings. The maximum Gasteiger partial charge on any atom is 0.251 e. The minimum atomic E-state index is -0.167. The highest BCUT2D eigenvalue weighted by molar-refractivity contribution is 14.0. The minimum absolute atomic E-state index is 0. The van der Waals surface area contributed by atoms with Gasteiger partial charge in [-0.2, -0.15) is 0 Å². The Morgan fingerprint density at radius 1 is 1.06 bits per heavy atom. The van der Waals surface area contributed by atoms with Crippen molar-refractivity contribution in [3.8, 4) is 11.5 Å². The van der Waals surface area contributed by atoms with Crippen LogP contribution in [0.4, 0.5) is 0 Å². The Balaban J connectivity index is 0.00000385. The van der Waals surface area contributed by atoms with Crippen LogP contribution in [0.25, 0.3) is 0 Å². The van der Waals surface area contributed by atoms with E-state index in [9.17, 15) is 4.79 Å². The Kier molecular flexibility index (Phi) is 10.3. The highest BCUT2D eigenvalue weighted by atomic mass is 127. The summed E-state index contributed by atoms with van der Waals surface area (Å²) in [6, 6.07) is 13.8. The molecular weight excluding hydrogens is 531 g/mol. The average Bonchev–Trinajstić information content (AvgIpc) is 2.82. The largest absolute Gasteiger partial charge is 0.486 e. The number of ether oxygens (including phenoxy) is 2. The van der Waals surface area contributed by atoms with Crippen molar-refractivity contribution >= 4 is 35.8 Å². The van der Waals surface area contributed by atoms with Gasteiger partial charge in [0, 0.05) is 31.1 Å². The van der Waals surface area contributed by atoms with E-state index in [-0.39, 0.29) is 35.3 Å². The molecule has 1 heterocycles. The average molecular weight is 566 g/mol. The van der Waals surface area contributed by atoms with Crippen molar-refractivity contribution in [3.63, 3.8) is 0 Å². The molecular formula is C25H35IN4O3. The van der Waals surface area contributed by atoms with Crippen molar-refractivity contribution in [2.75, 3.05) is 39.9 Å². The molecule has 0 saturated carbocycles. The molecule has 2 aromatic rings. The van der Waals surface area contributed by atoms with E-state index < -0.39 is 0 Å². The van der Waals surface area contributed by atoms with Crippen LogP contribution in [0, 0.1) is 0 Å². The van der Waals surface area contributed by atoms with Gasteiger partial charge in [0.2, 0.25) is 0 Å². The number of carbonyl (C=O) groups excluding carboxylic acids is 1. The minimum Gasteiger partial charge on any atom is -0.486 e. The first-order valence-corrected chi connectivity index (χ1v) is 11.2. The molecule has 3 N–H and O–H groups in total. The number of fused-ring (bicyclic) bond motifs is 1. The van der Waals surface area contributed by atoms with Crippen molar-refractivity contribution in [3.05, 3.63) is 59.2 Å². The van der Waals surface area contributed by atoms with Gasteiger partial charge in [0.1, 0.15) is 13.2 Å². The van der Waals surface area contributed by atoms with Crippen LogP contribution in [-0.4, -0.2) is 51.8 Å². The summed E-state index contributed by atoms with van der Waals surface area (Å²) in [5, 5.41) is 9.37. The molecule has 7 nitrogen and oxygen atoms in total. The van der Waals surface area contributed by atoms with E-state index >= 15 is 0 Å². The van der Waals surface area contributed by atoms with Gasteiger partial charge in [-0.05, 0) is 48.7 Å². The van der Waals surface area contributed by atoms with Gasteiger partial charge < -0.3 is 25.4 Å². The van der Waals surface area contributed by atoms with Gasteiger partial charge in [0.25, 0.3) is 5.91 Å². The second-order valence-corrected chi connectivity index (χ2v) is 8.39. The summed E-state index contributed by atoms with van der Waals surface area (Å²) in [6.07, 6.45) is 0.792. The summed E-state index contributed by atoms with van der Waals surface area (Å²) >= 11 is 0. The highest BCUT2D eigenvalue weighted by Crippen LogP contribution is 2.35. The Morgan fingerprint density at radius 3 is 2.55 bits per heavy atom. The second kappa shape index (κ2) is 12.7. The highest BCUT2D eigenvalue weighted by Gasteiger charge is 2.23. The fraction of sp³-hybridized carbons (Fsp3) is 0.440. The lowest BCUT2D eigenvalue weighted by molar-refractivity contribution is 0.0963. The lowest BCUT2D eigenvalue weighted by Gasteiger charge is -2.26. The Labute approximate surface area is 213 Å². The Morgan fingerprint density at radius 2 is 1.82 bits per heavy atom. The van der Waals surface area contributed by atoms with Crippen LogP contribution in [0.5, 0.6) is 11.5 Å². The van der Waals surface area contributed by atoms with Gasteiger partial charge in [-0.1, -0.05) is 32.0 Å². The van der Waals surface area contributed by atoms with E-state index in [0.29, 0.717) is 31.9 Å². The normalized spacial score (nSPS) is 13.0. The summed E-state index contributed by atoms with van der Waals surface area (Å²) in [7, 11) is 1.64. The summed E-state index contributed by atoms with van der Waals surface area (Å²) in [6.45, 7) is 9.69. The van der Waals surface area contributed by atoms with E-state index in [1.807, 2.05) is 30.3 Å². The molecule has 1 aliphatic heterocycles. The topological polar surface area (TPSA) is 84.0 Å². The fourth-order valence-electron chi connectivity index (χ4n) is 3.51. The van der Waals surface area contributed by atoms with Crippen LogP contribution in [0.2, 0.25) is 0 Å². The van der Waals surface area contributed by atoms with Gasteiger partial charge in [-0.25, -0.2) is 0 Å². The third kappa shape index (κ3) is 7.52. The van der Waals surface area contributed by atoms with Gasteiger partial charge in [-0.15, -0.1) is 24.0 Å². The maximum atomic E-state index is 11.8. The molecule has 0 aromatic heterocycles. The molecule has 3 rings (SSSR count).